The lowest BCUT2D eigenvalue weighted by Crippen LogP contribution is -2.40. The van der Waals surface area contributed by atoms with Gasteiger partial charge in [0.2, 0.25) is 0 Å². The molecule has 0 amide bonds. The molecule has 0 bridgehead atoms. The van der Waals surface area contributed by atoms with Crippen molar-refractivity contribution in [3.05, 3.63) is 17.7 Å². The van der Waals surface area contributed by atoms with Crippen molar-refractivity contribution in [3.8, 4) is 17.2 Å². The molecular formula is C20H34N2O5. The molecule has 3 N–H and O–H groups in total. The van der Waals surface area contributed by atoms with Crippen molar-refractivity contribution in [2.75, 3.05) is 54.6 Å². The minimum atomic E-state index is -0.426. The highest BCUT2D eigenvalue weighted by Crippen LogP contribution is 2.43. The molecule has 3 atom stereocenters. The van der Waals surface area contributed by atoms with Gasteiger partial charge in [0.15, 0.2) is 0 Å². The number of ether oxygens (including phenoxy) is 3. The maximum Gasteiger partial charge on any atom is 0.129 e. The monoisotopic (exact) mass is 382 g/mol. The van der Waals surface area contributed by atoms with E-state index in [1.54, 1.807) is 21.3 Å². The van der Waals surface area contributed by atoms with Gasteiger partial charge in [-0.1, -0.05) is 0 Å². The van der Waals surface area contributed by atoms with Gasteiger partial charge in [-0.05, 0) is 39.4 Å². The van der Waals surface area contributed by atoms with Crippen LogP contribution in [0.1, 0.15) is 30.7 Å². The summed E-state index contributed by atoms with van der Waals surface area (Å²) in [5.74, 6) is 2.11. The molecule has 0 aliphatic carbocycles. The fraction of sp³-hybridized carbons (Fsp3) is 0.700. The van der Waals surface area contributed by atoms with Crippen LogP contribution in [-0.2, 0) is 0 Å². The third kappa shape index (κ3) is 5.97. The summed E-state index contributed by atoms with van der Waals surface area (Å²) >= 11 is 0. The number of hydrogen-bond donors (Lipinski definition) is 3. The van der Waals surface area contributed by atoms with Crippen LogP contribution >= 0.6 is 0 Å². The molecule has 3 rings (SSSR count). The maximum absolute atomic E-state index is 10.4. The molecule has 7 heteroatoms. The van der Waals surface area contributed by atoms with E-state index < -0.39 is 6.10 Å². The second kappa shape index (κ2) is 10.7. The Bertz CT molecular complexity index is 552. The van der Waals surface area contributed by atoms with Gasteiger partial charge in [0.1, 0.15) is 17.2 Å². The van der Waals surface area contributed by atoms with Crippen LogP contribution in [0.3, 0.4) is 0 Å². The Morgan fingerprint density at radius 3 is 2.11 bits per heavy atom. The van der Waals surface area contributed by atoms with Crippen LogP contribution in [0.5, 0.6) is 17.2 Å². The van der Waals surface area contributed by atoms with Gasteiger partial charge < -0.3 is 34.6 Å². The zero-order valence-corrected chi connectivity index (χ0v) is 16.9. The van der Waals surface area contributed by atoms with E-state index in [0.717, 1.165) is 44.5 Å². The summed E-state index contributed by atoms with van der Waals surface area (Å²) in [4.78, 5) is 2.13. The van der Waals surface area contributed by atoms with Crippen LogP contribution in [-0.4, -0.2) is 81.9 Å². The van der Waals surface area contributed by atoms with Crippen LogP contribution in [0.25, 0.3) is 0 Å². The summed E-state index contributed by atoms with van der Waals surface area (Å²) in [6.07, 6.45) is 2.48. The predicted molar refractivity (Wildman–Crippen MR) is 105 cm³/mol. The molecule has 2 saturated heterocycles. The molecule has 2 aliphatic rings. The Balaban J connectivity index is 0.000000313. The van der Waals surface area contributed by atoms with Gasteiger partial charge in [0, 0.05) is 36.7 Å². The molecule has 154 valence electrons. The Labute approximate surface area is 162 Å². The van der Waals surface area contributed by atoms with Crippen LogP contribution in [0.4, 0.5) is 0 Å². The van der Waals surface area contributed by atoms with Crippen LogP contribution in [0, 0.1) is 0 Å². The highest BCUT2D eigenvalue weighted by Gasteiger charge is 2.32. The van der Waals surface area contributed by atoms with E-state index >= 15 is 0 Å². The second-order valence-corrected chi connectivity index (χ2v) is 7.17. The number of benzene rings is 1. The molecule has 0 spiro atoms. The van der Waals surface area contributed by atoms with Crippen LogP contribution < -0.4 is 19.5 Å². The van der Waals surface area contributed by atoms with E-state index in [0.29, 0.717) is 23.8 Å². The van der Waals surface area contributed by atoms with E-state index in [9.17, 15) is 5.11 Å². The lowest BCUT2D eigenvalue weighted by molar-refractivity contribution is 0.0619. The van der Waals surface area contributed by atoms with Crippen molar-refractivity contribution in [3.63, 3.8) is 0 Å². The van der Waals surface area contributed by atoms with Crippen molar-refractivity contribution in [2.24, 2.45) is 0 Å². The van der Waals surface area contributed by atoms with Crippen molar-refractivity contribution in [1.82, 2.24) is 10.2 Å². The third-order valence-electron chi connectivity index (χ3n) is 5.18. The molecule has 2 aliphatic heterocycles. The smallest absolute Gasteiger partial charge is 0.129 e. The van der Waals surface area contributed by atoms with Gasteiger partial charge in [-0.2, -0.15) is 0 Å². The zero-order chi connectivity index (χ0) is 19.8. The molecule has 3 unspecified atom stereocenters. The Kier molecular flexibility index (Phi) is 8.63. The summed E-state index contributed by atoms with van der Waals surface area (Å²) in [6.45, 7) is 3.47. The molecule has 2 heterocycles. The van der Waals surface area contributed by atoms with E-state index in [-0.39, 0.29) is 12.0 Å². The number of methoxy groups -OCH3 is 3. The average Bonchev–Trinajstić information content (AvgIpc) is 2.68. The largest absolute Gasteiger partial charge is 0.496 e. The Morgan fingerprint density at radius 2 is 1.70 bits per heavy atom. The van der Waals surface area contributed by atoms with Crippen molar-refractivity contribution < 1.29 is 24.4 Å². The first-order valence-electron chi connectivity index (χ1n) is 9.55. The number of piperidine rings is 2. The molecule has 0 saturated carbocycles. The molecule has 2 fully saturated rings. The van der Waals surface area contributed by atoms with Crippen LogP contribution in [0.15, 0.2) is 12.1 Å². The summed E-state index contributed by atoms with van der Waals surface area (Å²) in [5, 5.41) is 22.3. The summed E-state index contributed by atoms with van der Waals surface area (Å²) in [7, 11) is 6.87. The number of aliphatic hydroxyl groups is 2. The topological polar surface area (TPSA) is 83.4 Å². The molecule has 1 aromatic rings. The van der Waals surface area contributed by atoms with Gasteiger partial charge in [-0.3, -0.25) is 0 Å². The number of hydrogen-bond acceptors (Lipinski definition) is 7. The third-order valence-corrected chi connectivity index (χ3v) is 5.18. The van der Waals surface area contributed by atoms with Crippen molar-refractivity contribution in [1.29, 1.82) is 0 Å². The predicted octanol–water partition coefficient (Wildman–Crippen LogP) is 1.22. The number of likely N-dealkylation sites (N-methyl/N-ethyl adjacent to an activating group) is 1. The normalized spacial score (nSPS) is 25.9. The minimum absolute atomic E-state index is 0.0157. The zero-order valence-electron chi connectivity index (χ0n) is 16.9. The maximum atomic E-state index is 10.4. The Morgan fingerprint density at radius 1 is 1.04 bits per heavy atom. The van der Waals surface area contributed by atoms with Crippen molar-refractivity contribution in [2.45, 2.75) is 37.4 Å². The molecular weight excluding hydrogens is 348 g/mol. The quantitative estimate of drug-likeness (QED) is 0.722. The standard InChI is InChI=1S/C15H23NO4.C5H11NO/c1-16-6-5-11(12(17)9-16)15-13(19-3)7-10(18-2)8-14(15)20-4;7-5-2-1-3-6-4-5/h7-8,11-12,17H,5-6,9H2,1-4H3;5-7H,1-4H2. The first-order chi connectivity index (χ1) is 13.0. The lowest BCUT2D eigenvalue weighted by Gasteiger charge is -2.35. The molecule has 27 heavy (non-hydrogen) atoms. The SMILES string of the molecule is COc1cc(OC)c(C2CCN(C)CC2O)c(OC)c1.OC1CCCNC1. The van der Waals surface area contributed by atoms with E-state index in [1.807, 2.05) is 19.2 Å². The highest BCUT2D eigenvalue weighted by atomic mass is 16.5. The van der Waals surface area contributed by atoms with E-state index in [1.165, 1.54) is 0 Å². The van der Waals surface area contributed by atoms with Gasteiger partial charge in [0.05, 0.1) is 33.5 Å². The average molecular weight is 383 g/mol. The lowest BCUT2D eigenvalue weighted by atomic mass is 9.86. The van der Waals surface area contributed by atoms with E-state index in [4.69, 9.17) is 19.3 Å². The molecule has 7 nitrogen and oxygen atoms in total. The fourth-order valence-corrected chi connectivity index (χ4v) is 3.66. The van der Waals surface area contributed by atoms with Gasteiger partial charge >= 0.3 is 0 Å². The summed E-state index contributed by atoms with van der Waals surface area (Å²) in [5.41, 5.74) is 0.927. The molecule has 0 aromatic heterocycles. The summed E-state index contributed by atoms with van der Waals surface area (Å²) in [6, 6.07) is 3.67. The second-order valence-electron chi connectivity index (χ2n) is 7.17. The first-order valence-corrected chi connectivity index (χ1v) is 9.55. The number of aliphatic hydroxyl groups excluding tert-OH is 2. The number of rotatable bonds is 4. The first kappa shape index (κ1) is 21.8. The number of nitrogens with one attached hydrogen (secondary N) is 1. The summed E-state index contributed by atoms with van der Waals surface area (Å²) < 4.78 is 16.2. The van der Waals surface area contributed by atoms with Gasteiger partial charge in [-0.15, -0.1) is 0 Å². The van der Waals surface area contributed by atoms with Gasteiger partial charge in [-0.25, -0.2) is 0 Å². The highest BCUT2D eigenvalue weighted by molar-refractivity contribution is 5.53. The minimum Gasteiger partial charge on any atom is -0.496 e. The number of β-amino-alcohol motifs (C(OH)–C–C–N with tert-alkyl or cyclic N) is 2. The molecule has 0 radical (unpaired) electrons. The fourth-order valence-electron chi connectivity index (χ4n) is 3.66. The number of likely N-dealkylation sites (tertiary alicyclic amines) is 1. The Hall–Kier alpha value is -1.54. The van der Waals surface area contributed by atoms with E-state index in [2.05, 4.69) is 10.2 Å². The van der Waals surface area contributed by atoms with Crippen molar-refractivity contribution >= 4 is 0 Å². The van der Waals surface area contributed by atoms with Crippen LogP contribution in [0.2, 0.25) is 0 Å². The number of nitrogens with zero attached hydrogens (tertiary/aromatic N) is 1. The molecule has 1 aromatic carbocycles. The van der Waals surface area contributed by atoms with Gasteiger partial charge in [0.25, 0.3) is 0 Å².